The van der Waals surface area contributed by atoms with E-state index in [1.165, 1.54) is 31.0 Å². The smallest absolute Gasteiger partial charge is 0.234 e. The molecule has 7 heteroatoms. The summed E-state index contributed by atoms with van der Waals surface area (Å²) < 4.78 is 8.04. The fraction of sp³-hybridized carbons (Fsp3) is 0.320. The number of para-hydroxylation sites is 3. The van der Waals surface area contributed by atoms with Crippen LogP contribution in [0.3, 0.4) is 0 Å². The standard InChI is InChI=1S/C25H28N4O2S/c1-2-17-29-24(19-11-5-3-6-12-19)27-28-25(29)32-18-23(30)26-21-15-9-10-16-22(21)31-20-13-7-4-8-14-20/h2,4,7-10,13-16,19H,1,3,5-6,11-12,17-18H2,(H,26,30). The molecule has 0 saturated heterocycles. The maximum atomic E-state index is 12.7. The molecule has 0 atom stereocenters. The molecule has 3 aromatic rings. The van der Waals surface area contributed by atoms with E-state index in [-0.39, 0.29) is 11.7 Å². The third kappa shape index (κ3) is 5.59. The molecule has 6 nitrogen and oxygen atoms in total. The number of ether oxygens (including phenoxy) is 1. The van der Waals surface area contributed by atoms with Gasteiger partial charge in [0.25, 0.3) is 0 Å². The molecule has 0 aliphatic heterocycles. The first-order valence-electron chi connectivity index (χ1n) is 11.0. The summed E-state index contributed by atoms with van der Waals surface area (Å²) in [6.45, 7) is 4.53. The maximum absolute atomic E-state index is 12.7. The SMILES string of the molecule is C=CCn1c(SCC(=O)Nc2ccccc2Oc2ccccc2)nnc1C1CCCCC1. The van der Waals surface area contributed by atoms with Crippen LogP contribution in [0.25, 0.3) is 0 Å². The zero-order chi connectivity index (χ0) is 22.2. The summed E-state index contributed by atoms with van der Waals surface area (Å²) in [7, 11) is 0. The van der Waals surface area contributed by atoms with Gasteiger partial charge in [-0.3, -0.25) is 4.79 Å². The fourth-order valence-electron chi connectivity index (χ4n) is 3.96. The van der Waals surface area contributed by atoms with Crippen LogP contribution < -0.4 is 10.1 Å². The van der Waals surface area contributed by atoms with Gasteiger partial charge in [-0.15, -0.1) is 16.8 Å². The summed E-state index contributed by atoms with van der Waals surface area (Å²) in [6, 6.07) is 16.9. The van der Waals surface area contributed by atoms with E-state index in [0.717, 1.165) is 29.6 Å². The highest BCUT2D eigenvalue weighted by Crippen LogP contribution is 2.33. The molecule has 0 radical (unpaired) electrons. The van der Waals surface area contributed by atoms with Gasteiger partial charge in [-0.1, -0.05) is 67.4 Å². The lowest BCUT2D eigenvalue weighted by Crippen LogP contribution is -2.16. The number of hydrogen-bond donors (Lipinski definition) is 1. The molecule has 1 aliphatic rings. The molecular weight excluding hydrogens is 420 g/mol. The zero-order valence-electron chi connectivity index (χ0n) is 18.1. The molecule has 1 N–H and O–H groups in total. The maximum Gasteiger partial charge on any atom is 0.234 e. The summed E-state index contributed by atoms with van der Waals surface area (Å²) in [5.41, 5.74) is 0.636. The Hall–Kier alpha value is -3.06. The van der Waals surface area contributed by atoms with Crippen molar-refractivity contribution in [3.63, 3.8) is 0 Å². The Morgan fingerprint density at radius 3 is 2.62 bits per heavy atom. The first-order chi connectivity index (χ1) is 15.7. The van der Waals surface area contributed by atoms with E-state index < -0.39 is 0 Å². The minimum Gasteiger partial charge on any atom is -0.455 e. The number of rotatable bonds is 9. The van der Waals surface area contributed by atoms with Crippen LogP contribution in [-0.4, -0.2) is 26.4 Å². The van der Waals surface area contributed by atoms with Gasteiger partial charge in [0, 0.05) is 12.5 Å². The lowest BCUT2D eigenvalue weighted by Gasteiger charge is -2.21. The van der Waals surface area contributed by atoms with E-state index in [2.05, 4.69) is 26.7 Å². The van der Waals surface area contributed by atoms with Gasteiger partial charge in [-0.05, 0) is 37.1 Å². The van der Waals surface area contributed by atoms with Gasteiger partial charge in [0.15, 0.2) is 10.9 Å². The molecule has 166 valence electrons. The van der Waals surface area contributed by atoms with Gasteiger partial charge in [-0.2, -0.15) is 0 Å². The second-order valence-corrected chi connectivity index (χ2v) is 8.77. The lowest BCUT2D eigenvalue weighted by molar-refractivity contribution is -0.113. The first-order valence-corrected chi connectivity index (χ1v) is 12.0. The molecule has 32 heavy (non-hydrogen) atoms. The molecule has 1 aliphatic carbocycles. The minimum atomic E-state index is -0.119. The Bertz CT molecular complexity index is 1050. The third-order valence-electron chi connectivity index (χ3n) is 5.49. The predicted octanol–water partition coefficient (Wildman–Crippen LogP) is 6.03. The first kappa shape index (κ1) is 22.1. The molecule has 0 bridgehead atoms. The number of nitrogens with zero attached hydrogens (tertiary/aromatic N) is 3. The number of amides is 1. The van der Waals surface area contributed by atoms with E-state index in [0.29, 0.717) is 23.9 Å². The highest BCUT2D eigenvalue weighted by molar-refractivity contribution is 7.99. The Morgan fingerprint density at radius 2 is 1.84 bits per heavy atom. The molecule has 0 spiro atoms. The molecule has 1 amide bonds. The van der Waals surface area contributed by atoms with Crippen molar-refractivity contribution >= 4 is 23.4 Å². The number of allylic oxidation sites excluding steroid dienone is 1. The summed E-state index contributed by atoms with van der Waals surface area (Å²) in [6.07, 6.45) is 7.93. The van der Waals surface area contributed by atoms with E-state index >= 15 is 0 Å². The Morgan fingerprint density at radius 1 is 1.09 bits per heavy atom. The van der Waals surface area contributed by atoms with Crippen LogP contribution in [0, 0.1) is 0 Å². The number of carbonyl (C=O) groups excluding carboxylic acids is 1. The van der Waals surface area contributed by atoms with E-state index in [1.54, 1.807) is 0 Å². The molecule has 1 aromatic heterocycles. The largest absolute Gasteiger partial charge is 0.455 e. The van der Waals surface area contributed by atoms with Crippen LogP contribution in [0.4, 0.5) is 5.69 Å². The number of hydrogen-bond acceptors (Lipinski definition) is 5. The fourth-order valence-corrected chi connectivity index (χ4v) is 4.72. The average Bonchev–Trinajstić information content (AvgIpc) is 3.23. The molecule has 1 saturated carbocycles. The molecule has 4 rings (SSSR count). The second kappa shape index (κ2) is 11.0. The van der Waals surface area contributed by atoms with Crippen LogP contribution >= 0.6 is 11.8 Å². The predicted molar refractivity (Wildman–Crippen MR) is 128 cm³/mol. The second-order valence-electron chi connectivity index (χ2n) is 7.82. The van der Waals surface area contributed by atoms with E-state index in [4.69, 9.17) is 4.74 Å². The topological polar surface area (TPSA) is 69.0 Å². The summed E-state index contributed by atoms with van der Waals surface area (Å²) >= 11 is 1.40. The van der Waals surface area contributed by atoms with Gasteiger partial charge in [0.1, 0.15) is 11.6 Å². The summed E-state index contributed by atoms with van der Waals surface area (Å²) in [5, 5.41) is 12.6. The van der Waals surface area contributed by atoms with Crippen LogP contribution in [-0.2, 0) is 11.3 Å². The third-order valence-corrected chi connectivity index (χ3v) is 6.46. The molecule has 0 unspecified atom stereocenters. The number of nitrogens with one attached hydrogen (secondary N) is 1. The van der Waals surface area contributed by atoms with Gasteiger partial charge < -0.3 is 14.6 Å². The number of carbonyl (C=O) groups is 1. The van der Waals surface area contributed by atoms with E-state index in [9.17, 15) is 4.79 Å². The summed E-state index contributed by atoms with van der Waals surface area (Å²) in [5.74, 6) is 2.91. The van der Waals surface area contributed by atoms with Crippen LogP contribution in [0.2, 0.25) is 0 Å². The van der Waals surface area contributed by atoms with Crippen molar-refractivity contribution < 1.29 is 9.53 Å². The molecule has 1 heterocycles. The quantitative estimate of drug-likeness (QED) is 0.319. The van der Waals surface area contributed by atoms with Gasteiger partial charge >= 0.3 is 0 Å². The van der Waals surface area contributed by atoms with Crippen LogP contribution in [0.5, 0.6) is 11.5 Å². The van der Waals surface area contributed by atoms with E-state index in [1.807, 2.05) is 60.7 Å². The van der Waals surface area contributed by atoms with Crippen LogP contribution in [0.1, 0.15) is 43.8 Å². The van der Waals surface area contributed by atoms with Gasteiger partial charge in [-0.25, -0.2) is 0 Å². The number of benzene rings is 2. The Kier molecular flexibility index (Phi) is 7.61. The van der Waals surface area contributed by atoms with Crippen molar-refractivity contribution in [1.29, 1.82) is 0 Å². The molecule has 1 fully saturated rings. The Labute approximate surface area is 193 Å². The lowest BCUT2D eigenvalue weighted by atomic mass is 9.89. The van der Waals surface area contributed by atoms with Crippen LogP contribution in [0.15, 0.2) is 72.4 Å². The number of anilines is 1. The summed E-state index contributed by atoms with van der Waals surface area (Å²) in [4.78, 5) is 12.7. The highest BCUT2D eigenvalue weighted by atomic mass is 32.2. The molecule has 2 aromatic carbocycles. The van der Waals surface area contributed by atoms with Crippen molar-refractivity contribution in [2.24, 2.45) is 0 Å². The Balaban J connectivity index is 1.40. The van der Waals surface area contributed by atoms with Gasteiger partial charge in [0.05, 0.1) is 11.4 Å². The van der Waals surface area contributed by atoms with Crippen molar-refractivity contribution in [2.45, 2.75) is 49.7 Å². The number of aromatic nitrogens is 3. The monoisotopic (exact) mass is 448 g/mol. The van der Waals surface area contributed by atoms with Crippen molar-refractivity contribution in [1.82, 2.24) is 14.8 Å². The zero-order valence-corrected chi connectivity index (χ0v) is 18.9. The minimum absolute atomic E-state index is 0.119. The highest BCUT2D eigenvalue weighted by Gasteiger charge is 2.23. The van der Waals surface area contributed by atoms with Crippen molar-refractivity contribution in [2.75, 3.05) is 11.1 Å². The van der Waals surface area contributed by atoms with Crippen molar-refractivity contribution in [3.8, 4) is 11.5 Å². The average molecular weight is 449 g/mol. The number of thioether (sulfide) groups is 1. The normalized spacial score (nSPS) is 14.1. The van der Waals surface area contributed by atoms with Crippen molar-refractivity contribution in [3.05, 3.63) is 73.1 Å². The van der Waals surface area contributed by atoms with Gasteiger partial charge in [0.2, 0.25) is 5.91 Å². The molecular formula is C25H28N4O2S.